The summed E-state index contributed by atoms with van der Waals surface area (Å²) < 4.78 is 13.6. The topological polar surface area (TPSA) is 23.5 Å². The molecular formula is C14H13ClFNO. The third-order valence-corrected chi connectivity index (χ3v) is 2.95. The Bertz CT molecular complexity index is 559. The molecule has 2 rings (SSSR count). The molecule has 2 aromatic rings. The van der Waals surface area contributed by atoms with Crippen LogP contribution in [0, 0.1) is 5.82 Å². The fourth-order valence-corrected chi connectivity index (χ4v) is 1.98. The van der Waals surface area contributed by atoms with E-state index in [1.807, 2.05) is 0 Å². The second-order valence-corrected chi connectivity index (χ2v) is 4.52. The Hall–Kier alpha value is -1.74. The molecule has 4 heteroatoms. The van der Waals surface area contributed by atoms with Crippen molar-refractivity contribution in [2.45, 2.75) is 6.54 Å². The monoisotopic (exact) mass is 265 g/mol. The molecule has 0 amide bonds. The highest BCUT2D eigenvalue weighted by Crippen LogP contribution is 2.25. The molecule has 0 aliphatic heterocycles. The fraction of sp³-hybridized carbons (Fsp3) is 0.143. The highest BCUT2D eigenvalue weighted by Gasteiger charge is 2.09. The Balaban J connectivity index is 2.24. The van der Waals surface area contributed by atoms with Crippen molar-refractivity contribution in [1.29, 1.82) is 0 Å². The summed E-state index contributed by atoms with van der Waals surface area (Å²) in [4.78, 5) is 1.72. The largest absolute Gasteiger partial charge is 0.508 e. The first kappa shape index (κ1) is 12.7. The molecule has 1 N–H and O–H groups in total. The van der Waals surface area contributed by atoms with Gasteiger partial charge in [-0.25, -0.2) is 4.39 Å². The summed E-state index contributed by atoms with van der Waals surface area (Å²) in [5.74, 6) is -0.135. The van der Waals surface area contributed by atoms with Crippen LogP contribution >= 0.6 is 11.6 Å². The number of aromatic hydroxyl groups is 1. The minimum atomic E-state index is -0.290. The van der Waals surface area contributed by atoms with Crippen LogP contribution in [0.3, 0.4) is 0 Å². The number of hydrogen-bond donors (Lipinski definition) is 1. The van der Waals surface area contributed by atoms with E-state index in [0.717, 1.165) is 0 Å². The highest BCUT2D eigenvalue weighted by atomic mass is 35.5. The van der Waals surface area contributed by atoms with Crippen LogP contribution in [0.2, 0.25) is 5.02 Å². The van der Waals surface area contributed by atoms with Crippen molar-refractivity contribution in [1.82, 2.24) is 0 Å². The summed E-state index contributed by atoms with van der Waals surface area (Å²) in [6.45, 7) is 0.382. The number of para-hydroxylation sites is 1. The number of rotatable bonds is 3. The van der Waals surface area contributed by atoms with E-state index in [1.165, 1.54) is 12.1 Å². The van der Waals surface area contributed by atoms with Crippen molar-refractivity contribution in [3.8, 4) is 5.75 Å². The zero-order valence-electron chi connectivity index (χ0n) is 9.90. The Kier molecular flexibility index (Phi) is 3.72. The minimum absolute atomic E-state index is 0.155. The lowest BCUT2D eigenvalue weighted by Crippen LogP contribution is -2.17. The Labute approximate surface area is 110 Å². The maximum atomic E-state index is 13.6. The van der Waals surface area contributed by atoms with Crippen molar-refractivity contribution in [3.63, 3.8) is 0 Å². The van der Waals surface area contributed by atoms with Gasteiger partial charge in [-0.3, -0.25) is 0 Å². The van der Waals surface area contributed by atoms with Gasteiger partial charge in [-0.2, -0.15) is 0 Å². The molecule has 0 heterocycles. The van der Waals surface area contributed by atoms with Gasteiger partial charge < -0.3 is 10.0 Å². The Morgan fingerprint density at radius 3 is 2.67 bits per heavy atom. The number of hydrogen-bond acceptors (Lipinski definition) is 2. The summed E-state index contributed by atoms with van der Waals surface area (Å²) in [5.41, 5.74) is 1.14. The van der Waals surface area contributed by atoms with Crippen LogP contribution in [-0.4, -0.2) is 12.2 Å². The zero-order chi connectivity index (χ0) is 13.1. The van der Waals surface area contributed by atoms with Gasteiger partial charge in [0.25, 0.3) is 0 Å². The van der Waals surface area contributed by atoms with Crippen LogP contribution in [0.5, 0.6) is 5.75 Å². The third kappa shape index (κ3) is 2.74. The molecule has 0 unspecified atom stereocenters. The fourth-order valence-electron chi connectivity index (χ4n) is 1.78. The van der Waals surface area contributed by atoms with Crippen LogP contribution in [0.15, 0.2) is 42.5 Å². The highest BCUT2D eigenvalue weighted by molar-refractivity contribution is 6.30. The van der Waals surface area contributed by atoms with Crippen molar-refractivity contribution >= 4 is 17.3 Å². The third-order valence-electron chi connectivity index (χ3n) is 2.71. The van der Waals surface area contributed by atoms with Gasteiger partial charge in [0.1, 0.15) is 11.6 Å². The predicted octanol–water partition coefficient (Wildman–Crippen LogP) is 3.82. The van der Waals surface area contributed by atoms with Gasteiger partial charge in [0.05, 0.1) is 5.69 Å². The lowest BCUT2D eigenvalue weighted by atomic mass is 10.2. The predicted molar refractivity (Wildman–Crippen MR) is 71.6 cm³/mol. The molecule has 0 aliphatic carbocycles. The van der Waals surface area contributed by atoms with E-state index in [-0.39, 0.29) is 11.6 Å². The zero-order valence-corrected chi connectivity index (χ0v) is 10.7. The molecule has 0 saturated heterocycles. The number of anilines is 1. The van der Waals surface area contributed by atoms with Crippen LogP contribution in [0.4, 0.5) is 10.1 Å². The lowest BCUT2D eigenvalue weighted by Gasteiger charge is -2.20. The average molecular weight is 266 g/mol. The van der Waals surface area contributed by atoms with Gasteiger partial charge in [-0.1, -0.05) is 23.7 Å². The summed E-state index contributed by atoms with van der Waals surface area (Å²) in [7, 11) is 1.76. The minimum Gasteiger partial charge on any atom is -0.508 e. The maximum Gasteiger partial charge on any atom is 0.146 e. The van der Waals surface area contributed by atoms with Crippen molar-refractivity contribution in [2.75, 3.05) is 11.9 Å². The maximum absolute atomic E-state index is 13.6. The van der Waals surface area contributed by atoms with Crippen LogP contribution in [-0.2, 0) is 6.54 Å². The quantitative estimate of drug-likeness (QED) is 0.912. The van der Waals surface area contributed by atoms with Crippen LogP contribution in [0.25, 0.3) is 0 Å². The summed E-state index contributed by atoms with van der Waals surface area (Å²) in [5, 5.41) is 10.3. The molecule has 0 spiro atoms. The molecule has 0 fully saturated rings. The van der Waals surface area contributed by atoms with E-state index < -0.39 is 0 Å². The molecule has 0 atom stereocenters. The first-order valence-electron chi connectivity index (χ1n) is 5.51. The summed E-state index contributed by atoms with van der Waals surface area (Å²) >= 11 is 5.87. The molecule has 18 heavy (non-hydrogen) atoms. The molecule has 0 radical (unpaired) electrons. The molecule has 0 aromatic heterocycles. The van der Waals surface area contributed by atoms with E-state index in [1.54, 1.807) is 42.3 Å². The number of nitrogens with zero attached hydrogens (tertiary/aromatic N) is 1. The first-order chi connectivity index (χ1) is 8.58. The summed E-state index contributed by atoms with van der Waals surface area (Å²) in [6.07, 6.45) is 0. The van der Waals surface area contributed by atoms with Gasteiger partial charge in [0, 0.05) is 24.2 Å². The molecule has 0 saturated carbocycles. The molecule has 2 aromatic carbocycles. The molecule has 0 bridgehead atoms. The first-order valence-corrected chi connectivity index (χ1v) is 5.89. The van der Waals surface area contributed by atoms with E-state index in [2.05, 4.69) is 0 Å². The molecule has 2 nitrogen and oxygen atoms in total. The van der Waals surface area contributed by atoms with Gasteiger partial charge in [-0.05, 0) is 30.3 Å². The van der Waals surface area contributed by atoms with Crippen molar-refractivity contribution in [3.05, 3.63) is 58.9 Å². The van der Waals surface area contributed by atoms with Gasteiger partial charge in [0.15, 0.2) is 0 Å². The SMILES string of the molecule is CN(Cc1cc(Cl)ccc1O)c1ccccc1F. The van der Waals surface area contributed by atoms with E-state index in [9.17, 15) is 9.50 Å². The van der Waals surface area contributed by atoms with E-state index in [4.69, 9.17) is 11.6 Å². The van der Waals surface area contributed by atoms with Crippen LogP contribution < -0.4 is 4.90 Å². The molecular weight excluding hydrogens is 253 g/mol. The van der Waals surface area contributed by atoms with Gasteiger partial charge in [0.2, 0.25) is 0 Å². The number of phenols is 1. The Morgan fingerprint density at radius 2 is 1.94 bits per heavy atom. The Morgan fingerprint density at radius 1 is 1.22 bits per heavy atom. The number of benzene rings is 2. The second kappa shape index (κ2) is 5.27. The van der Waals surface area contributed by atoms with Crippen LogP contribution in [0.1, 0.15) is 5.56 Å². The van der Waals surface area contributed by atoms with Crippen molar-refractivity contribution in [2.24, 2.45) is 0 Å². The van der Waals surface area contributed by atoms with Gasteiger partial charge in [-0.15, -0.1) is 0 Å². The van der Waals surface area contributed by atoms with E-state index >= 15 is 0 Å². The average Bonchev–Trinajstić information content (AvgIpc) is 2.34. The standard InChI is InChI=1S/C14H13ClFNO/c1-17(13-5-3-2-4-12(13)16)9-10-8-11(15)6-7-14(10)18/h2-8,18H,9H2,1H3. The van der Waals surface area contributed by atoms with E-state index in [0.29, 0.717) is 22.8 Å². The summed E-state index contributed by atoms with van der Waals surface area (Å²) in [6, 6.07) is 11.3. The van der Waals surface area contributed by atoms with Crippen molar-refractivity contribution < 1.29 is 9.50 Å². The number of halogens is 2. The molecule has 94 valence electrons. The second-order valence-electron chi connectivity index (χ2n) is 4.08. The lowest BCUT2D eigenvalue weighted by molar-refractivity contribution is 0.467. The normalized spacial score (nSPS) is 10.4. The smallest absolute Gasteiger partial charge is 0.146 e. The number of phenolic OH excluding ortho intramolecular Hbond substituents is 1. The van der Waals surface area contributed by atoms with Gasteiger partial charge >= 0.3 is 0 Å². The molecule has 0 aliphatic rings.